The molecule has 2 atom stereocenters. The second-order valence-corrected chi connectivity index (χ2v) is 6.58. The van der Waals surface area contributed by atoms with Crippen molar-refractivity contribution in [1.82, 2.24) is 10.0 Å². The minimum Gasteiger partial charge on any atom is -0.465 e. The van der Waals surface area contributed by atoms with Gasteiger partial charge >= 0.3 is 6.09 Å². The highest BCUT2D eigenvalue weighted by Gasteiger charge is 2.61. The Kier molecular flexibility index (Phi) is 4.16. The fraction of sp³-hybridized carbons (Fsp3) is 0.600. The predicted molar refractivity (Wildman–Crippen MR) is 69.5 cm³/mol. The van der Waals surface area contributed by atoms with Crippen LogP contribution in [0.2, 0.25) is 0 Å². The van der Waals surface area contributed by atoms with E-state index in [9.17, 15) is 18.0 Å². The third-order valence-corrected chi connectivity index (χ3v) is 5.05. The number of carbonyl (C=O) groups is 2. The molecule has 19 heavy (non-hydrogen) atoms. The zero-order chi connectivity index (χ0) is 13.6. The minimum atomic E-state index is -3.66. The van der Waals surface area contributed by atoms with Crippen molar-refractivity contribution >= 4 is 34.4 Å². The summed E-state index contributed by atoms with van der Waals surface area (Å²) in [4.78, 5) is 22.6. The summed E-state index contributed by atoms with van der Waals surface area (Å²) in [5.74, 6) is -1.19. The molecule has 0 aliphatic heterocycles. The lowest BCUT2D eigenvalue weighted by Crippen LogP contribution is -2.52. The second kappa shape index (κ2) is 5.01. The van der Waals surface area contributed by atoms with Crippen LogP contribution < -0.4 is 10.0 Å². The van der Waals surface area contributed by atoms with Crippen LogP contribution in [0.3, 0.4) is 0 Å². The van der Waals surface area contributed by atoms with Gasteiger partial charge in [0.2, 0.25) is 10.0 Å². The van der Waals surface area contributed by atoms with Gasteiger partial charge in [-0.15, -0.1) is 19.0 Å². The monoisotopic (exact) mass is 310 g/mol. The van der Waals surface area contributed by atoms with E-state index in [0.29, 0.717) is 12.8 Å². The molecule has 2 saturated carbocycles. The van der Waals surface area contributed by atoms with Gasteiger partial charge in [-0.05, 0) is 19.3 Å². The van der Waals surface area contributed by atoms with Crippen molar-refractivity contribution in [2.45, 2.75) is 30.1 Å². The maximum absolute atomic E-state index is 11.9. The lowest BCUT2D eigenvalue weighted by Gasteiger charge is -2.16. The van der Waals surface area contributed by atoms with E-state index in [1.54, 1.807) is 0 Å². The average molecular weight is 311 g/mol. The first kappa shape index (κ1) is 15.8. The summed E-state index contributed by atoms with van der Waals surface area (Å²) < 4.78 is 25.2. The molecule has 0 bridgehead atoms. The number of hydrogen-bond acceptors (Lipinski definition) is 4. The quantitative estimate of drug-likeness (QED) is 0.629. The summed E-state index contributed by atoms with van der Waals surface area (Å²) in [6.45, 7) is 3.49. The van der Waals surface area contributed by atoms with Crippen LogP contribution in [0.4, 0.5) is 4.79 Å². The van der Waals surface area contributed by atoms with Crippen molar-refractivity contribution in [2.75, 3.05) is 0 Å². The first-order chi connectivity index (χ1) is 8.32. The second-order valence-electron chi connectivity index (χ2n) is 4.62. The van der Waals surface area contributed by atoms with Gasteiger partial charge < -0.3 is 10.4 Å². The van der Waals surface area contributed by atoms with Gasteiger partial charge in [-0.25, -0.2) is 13.2 Å². The molecule has 7 nitrogen and oxygen atoms in total. The Morgan fingerprint density at radius 2 is 1.95 bits per heavy atom. The van der Waals surface area contributed by atoms with Gasteiger partial charge in [0.05, 0.1) is 5.25 Å². The zero-order valence-electron chi connectivity index (χ0n) is 9.96. The van der Waals surface area contributed by atoms with Gasteiger partial charge in [-0.3, -0.25) is 9.52 Å². The predicted octanol–water partition coefficient (Wildman–Crippen LogP) is 0.229. The van der Waals surface area contributed by atoms with E-state index in [0.717, 1.165) is 0 Å². The maximum Gasteiger partial charge on any atom is 0.405 e. The van der Waals surface area contributed by atoms with Crippen LogP contribution in [0.1, 0.15) is 19.3 Å². The summed E-state index contributed by atoms with van der Waals surface area (Å²) in [6.07, 6.45) is 1.38. The number of halogens is 1. The van der Waals surface area contributed by atoms with E-state index in [2.05, 4.69) is 11.9 Å². The van der Waals surface area contributed by atoms with E-state index in [1.807, 2.05) is 4.72 Å². The SMILES string of the molecule is C=CC1CC1(NC(=O)O)C(=O)NS(=O)(=O)C1CC1.Cl. The van der Waals surface area contributed by atoms with Crippen LogP contribution >= 0.6 is 12.4 Å². The Hall–Kier alpha value is -1.28. The summed E-state index contributed by atoms with van der Waals surface area (Å²) in [6, 6.07) is 0. The molecule has 2 unspecified atom stereocenters. The topological polar surface area (TPSA) is 113 Å². The lowest BCUT2D eigenvalue weighted by atomic mass is 10.2. The van der Waals surface area contributed by atoms with E-state index in [4.69, 9.17) is 5.11 Å². The van der Waals surface area contributed by atoms with Crippen molar-refractivity contribution in [2.24, 2.45) is 5.92 Å². The maximum atomic E-state index is 11.9. The molecule has 2 amide bonds. The molecule has 0 aromatic heterocycles. The molecule has 0 saturated heterocycles. The number of hydrogen-bond donors (Lipinski definition) is 3. The highest BCUT2D eigenvalue weighted by atomic mass is 35.5. The van der Waals surface area contributed by atoms with Gasteiger partial charge in [0.1, 0.15) is 5.54 Å². The van der Waals surface area contributed by atoms with E-state index in [1.165, 1.54) is 6.08 Å². The number of sulfonamides is 1. The van der Waals surface area contributed by atoms with Crippen molar-refractivity contribution in [3.8, 4) is 0 Å². The fourth-order valence-corrected chi connectivity index (χ4v) is 3.27. The highest BCUT2D eigenvalue weighted by Crippen LogP contribution is 2.45. The normalized spacial score (nSPS) is 28.7. The van der Waals surface area contributed by atoms with Crippen LogP contribution in [-0.4, -0.2) is 36.3 Å². The van der Waals surface area contributed by atoms with Gasteiger partial charge in [0, 0.05) is 5.92 Å². The third-order valence-electron chi connectivity index (χ3n) is 3.23. The van der Waals surface area contributed by atoms with Crippen LogP contribution in [0.25, 0.3) is 0 Å². The Bertz CT molecular complexity index is 516. The molecule has 2 aliphatic rings. The molecule has 9 heteroatoms. The molecular weight excluding hydrogens is 296 g/mol. The van der Waals surface area contributed by atoms with Gasteiger partial charge in [0.15, 0.2) is 0 Å². The first-order valence-electron chi connectivity index (χ1n) is 5.51. The number of nitrogens with one attached hydrogen (secondary N) is 2. The molecular formula is C10H15ClN2O5S. The average Bonchev–Trinajstić information content (AvgIpc) is 3.11. The molecule has 2 fully saturated rings. The first-order valence-corrected chi connectivity index (χ1v) is 7.06. The molecule has 3 N–H and O–H groups in total. The molecule has 0 aromatic carbocycles. The smallest absolute Gasteiger partial charge is 0.405 e. The van der Waals surface area contributed by atoms with Crippen LogP contribution in [0.15, 0.2) is 12.7 Å². The third kappa shape index (κ3) is 3.01. The summed E-state index contributed by atoms with van der Waals surface area (Å²) in [5.41, 5.74) is -1.38. The summed E-state index contributed by atoms with van der Waals surface area (Å²) in [5, 5.41) is 10.3. The van der Waals surface area contributed by atoms with Crippen molar-refractivity contribution in [3.63, 3.8) is 0 Å². The van der Waals surface area contributed by atoms with E-state index >= 15 is 0 Å². The van der Waals surface area contributed by atoms with Crippen molar-refractivity contribution in [3.05, 3.63) is 12.7 Å². The van der Waals surface area contributed by atoms with Gasteiger partial charge in [-0.1, -0.05) is 6.08 Å². The number of carboxylic acid groups (broad SMARTS) is 1. The standard InChI is InChI=1S/C10H14N2O5S.ClH/c1-2-6-5-10(6,11-9(14)15)8(13)12-18(16,17)7-3-4-7;/h2,6-7,11H,1,3-5H2,(H,12,13)(H,14,15);1H. The van der Waals surface area contributed by atoms with Crippen molar-refractivity contribution < 1.29 is 23.1 Å². The van der Waals surface area contributed by atoms with Crippen LogP contribution in [0.5, 0.6) is 0 Å². The minimum absolute atomic E-state index is 0. The van der Waals surface area contributed by atoms with Crippen LogP contribution in [-0.2, 0) is 14.8 Å². The molecule has 0 aromatic rings. The Labute approximate surface area is 116 Å². The molecule has 0 spiro atoms. The Balaban J connectivity index is 0.00000180. The zero-order valence-corrected chi connectivity index (χ0v) is 11.6. The number of rotatable bonds is 5. The molecule has 108 valence electrons. The highest BCUT2D eigenvalue weighted by molar-refractivity contribution is 7.90. The van der Waals surface area contributed by atoms with Crippen LogP contribution in [0, 0.1) is 5.92 Å². The Morgan fingerprint density at radius 3 is 2.32 bits per heavy atom. The molecule has 2 aliphatic carbocycles. The van der Waals surface area contributed by atoms with Crippen molar-refractivity contribution in [1.29, 1.82) is 0 Å². The fourth-order valence-electron chi connectivity index (χ4n) is 1.91. The molecule has 0 radical (unpaired) electrons. The largest absolute Gasteiger partial charge is 0.465 e. The summed E-state index contributed by atoms with van der Waals surface area (Å²) in [7, 11) is -3.66. The number of amides is 2. The van der Waals surface area contributed by atoms with Gasteiger partial charge in [0.25, 0.3) is 5.91 Å². The summed E-state index contributed by atoms with van der Waals surface area (Å²) >= 11 is 0. The van der Waals surface area contributed by atoms with E-state index < -0.39 is 32.8 Å². The lowest BCUT2D eigenvalue weighted by molar-refractivity contribution is -0.122. The Morgan fingerprint density at radius 1 is 1.37 bits per heavy atom. The molecule has 0 heterocycles. The van der Waals surface area contributed by atoms with E-state index in [-0.39, 0.29) is 24.7 Å². The van der Waals surface area contributed by atoms with Gasteiger partial charge in [-0.2, -0.15) is 0 Å². The number of carbonyl (C=O) groups excluding carboxylic acids is 1. The molecule has 2 rings (SSSR count).